The molecule has 0 aliphatic heterocycles. The molecule has 0 radical (unpaired) electrons. The Labute approximate surface area is 67.0 Å². The van der Waals surface area contributed by atoms with Gasteiger partial charge in [-0.1, -0.05) is 4.73 Å². The van der Waals surface area contributed by atoms with Crippen LogP contribution >= 0.6 is 7.82 Å². The van der Waals surface area contributed by atoms with Crippen LogP contribution < -0.4 is 0 Å². The van der Waals surface area contributed by atoms with Crippen molar-refractivity contribution in [2.75, 3.05) is 0 Å². The van der Waals surface area contributed by atoms with Crippen LogP contribution in [0.25, 0.3) is 0 Å². The second-order valence-electron chi connectivity index (χ2n) is 0.560. The second kappa shape index (κ2) is 6.25. The topological polar surface area (TPSA) is 66.8 Å². The molecule has 0 bridgehead atoms. The zero-order valence-electron chi connectivity index (χ0n) is 2.85. The van der Waals surface area contributed by atoms with Crippen molar-refractivity contribution in [2.24, 2.45) is 0 Å². The smallest absolute Gasteiger partial charge is 0 e. The van der Waals surface area contributed by atoms with Crippen LogP contribution in [0, 0.1) is 0 Å². The number of phosphoric acid groups is 1. The van der Waals surface area contributed by atoms with Crippen molar-refractivity contribution in [3.63, 3.8) is 0 Å². The second-order valence-corrected chi connectivity index (χ2v) is 1.68. The fourth-order valence-corrected chi connectivity index (χ4v) is 0. The first-order chi connectivity index (χ1) is 2.56. The molecule has 8 heteroatoms. The summed E-state index contributed by atoms with van der Waals surface area (Å²) in [5, 5.41) is 0. The third kappa shape index (κ3) is 15.7. The van der Waals surface area contributed by atoms with Crippen molar-refractivity contribution < 1.29 is 40.1 Å². The number of hydrogen-bond acceptors (Lipinski definition) is 2. The maximum atomic E-state index is 10.2. The minimum Gasteiger partial charge on any atom is 0 e. The maximum Gasteiger partial charge on any atom is 0 e. The standard InChI is InChI=1S/FH2O4P.Li.Ni.H/c1-5-6(2,3)4;;;/h(H2,2,3,4);;;. The van der Waals surface area contributed by atoms with Gasteiger partial charge in [0.2, 0.25) is 0 Å². The van der Waals surface area contributed by atoms with E-state index in [9.17, 15) is 4.53 Å². The SMILES string of the molecule is O=P(O)(O)OF.[LiH].[Ni]. The van der Waals surface area contributed by atoms with Crippen molar-refractivity contribution in [1.82, 2.24) is 0 Å². The molecule has 0 unspecified atom stereocenters. The van der Waals surface area contributed by atoms with Crippen molar-refractivity contribution in [2.45, 2.75) is 0 Å². The molecule has 0 amide bonds. The monoisotopic (exact) mass is 182 g/mol. The summed E-state index contributed by atoms with van der Waals surface area (Å²) in [5.41, 5.74) is 0. The van der Waals surface area contributed by atoms with Gasteiger partial charge in [-0.05, 0) is 4.53 Å². The van der Waals surface area contributed by atoms with Crippen molar-refractivity contribution in [1.29, 1.82) is 0 Å². The van der Waals surface area contributed by atoms with Crippen molar-refractivity contribution in [3.05, 3.63) is 0 Å². The molecule has 4 nitrogen and oxygen atoms in total. The van der Waals surface area contributed by atoms with Gasteiger partial charge in [-0.25, -0.2) is 4.57 Å². The Hall–Kier alpha value is 1.13. The number of halogens is 1. The minimum atomic E-state index is -4.81. The van der Waals surface area contributed by atoms with E-state index in [2.05, 4.69) is 4.73 Å². The molecule has 0 atom stereocenters. The van der Waals surface area contributed by atoms with E-state index in [1.807, 2.05) is 0 Å². The Kier molecular flexibility index (Phi) is 12.6. The Morgan fingerprint density at radius 2 is 1.62 bits per heavy atom. The van der Waals surface area contributed by atoms with Crippen LogP contribution in [0.3, 0.4) is 0 Å². The van der Waals surface area contributed by atoms with E-state index < -0.39 is 7.82 Å². The zero-order valence-corrected chi connectivity index (χ0v) is 4.73. The van der Waals surface area contributed by atoms with Crippen molar-refractivity contribution >= 4 is 26.7 Å². The molecule has 0 rings (SSSR count). The molecule has 0 aromatic rings. The summed E-state index contributed by atoms with van der Waals surface area (Å²) in [4.78, 5) is 14.7. The Balaban J connectivity index is -0.000000125. The molecule has 2 N–H and O–H groups in total. The third-order valence-corrected chi connectivity index (χ3v) is 0.270. The van der Waals surface area contributed by atoms with Gasteiger partial charge >= 0.3 is 26.7 Å². The van der Waals surface area contributed by atoms with Crippen LogP contribution in [-0.2, 0) is 25.8 Å². The molecule has 0 aliphatic rings. The van der Waals surface area contributed by atoms with Gasteiger partial charge in [-0.15, -0.1) is 0 Å². The van der Waals surface area contributed by atoms with Crippen LogP contribution in [0.4, 0.5) is 4.53 Å². The normalized spacial score (nSPS) is 8.88. The first-order valence-electron chi connectivity index (χ1n) is 0.919. The fraction of sp³-hybridized carbons (Fsp3) is 0. The van der Waals surface area contributed by atoms with Crippen molar-refractivity contribution in [3.8, 4) is 0 Å². The Morgan fingerprint density at radius 3 is 1.62 bits per heavy atom. The zero-order chi connectivity index (χ0) is 5.21. The minimum absolute atomic E-state index is 0. The summed E-state index contributed by atoms with van der Waals surface area (Å²) in [5.74, 6) is 0. The summed E-state index contributed by atoms with van der Waals surface area (Å²) in [6, 6.07) is 0. The molecule has 0 saturated heterocycles. The van der Waals surface area contributed by atoms with E-state index >= 15 is 0 Å². The Bertz CT molecular complexity index is 80.1. The predicted molar refractivity (Wildman–Crippen MR) is 21.4 cm³/mol. The van der Waals surface area contributed by atoms with Gasteiger partial charge in [0.05, 0.1) is 0 Å². The van der Waals surface area contributed by atoms with Crippen LogP contribution in [0.2, 0.25) is 0 Å². The van der Waals surface area contributed by atoms with Gasteiger partial charge in [0.1, 0.15) is 0 Å². The quantitative estimate of drug-likeness (QED) is 0.417. The van der Waals surface area contributed by atoms with Gasteiger partial charge in [0.25, 0.3) is 0 Å². The predicted octanol–water partition coefficient (Wildman–Crippen LogP) is -0.671. The van der Waals surface area contributed by atoms with Gasteiger partial charge in [0.15, 0.2) is 0 Å². The van der Waals surface area contributed by atoms with Crippen LogP contribution in [0.5, 0.6) is 0 Å². The average molecular weight is 183 g/mol. The number of rotatable bonds is 1. The third-order valence-electron chi connectivity index (χ3n) is 0.0899. The average Bonchev–Trinajstić information content (AvgIpc) is 1.35. The van der Waals surface area contributed by atoms with Crippen LogP contribution in [0.1, 0.15) is 0 Å². The molecule has 50 valence electrons. The molecule has 0 spiro atoms. The largest absolute Gasteiger partial charge is 0 e. The summed E-state index contributed by atoms with van der Waals surface area (Å²) in [6.45, 7) is 0. The summed E-state index contributed by atoms with van der Waals surface area (Å²) >= 11 is 0. The van der Waals surface area contributed by atoms with E-state index in [4.69, 9.17) is 14.4 Å². The van der Waals surface area contributed by atoms with E-state index in [-0.39, 0.29) is 35.4 Å². The van der Waals surface area contributed by atoms with E-state index in [1.54, 1.807) is 0 Å². The summed E-state index contributed by atoms with van der Waals surface area (Å²) in [7, 11) is -4.81. The van der Waals surface area contributed by atoms with Crippen LogP contribution in [-0.4, -0.2) is 28.6 Å². The van der Waals surface area contributed by atoms with Gasteiger partial charge < -0.3 is 9.79 Å². The molecule has 0 fully saturated rings. The molecular formula is H3FLiNiO4P. The van der Waals surface area contributed by atoms with Gasteiger partial charge in [-0.3, -0.25) is 0 Å². The first kappa shape index (κ1) is 16.1. The van der Waals surface area contributed by atoms with E-state index in [1.165, 1.54) is 0 Å². The number of hydrogen-bond donors (Lipinski definition) is 2. The van der Waals surface area contributed by atoms with E-state index in [0.29, 0.717) is 0 Å². The first-order valence-corrected chi connectivity index (χ1v) is 2.45. The van der Waals surface area contributed by atoms with Crippen LogP contribution in [0.15, 0.2) is 0 Å². The molecule has 0 aromatic heterocycles. The van der Waals surface area contributed by atoms with Gasteiger partial charge in [-0.2, -0.15) is 0 Å². The Morgan fingerprint density at radius 1 is 1.50 bits per heavy atom. The maximum absolute atomic E-state index is 10.2. The van der Waals surface area contributed by atoms with Gasteiger partial charge in [0, 0.05) is 16.5 Å². The summed E-state index contributed by atoms with van der Waals surface area (Å²) < 4.78 is 21.4. The molecule has 0 aromatic carbocycles. The molecular weight excluding hydrogens is 180 g/mol. The summed E-state index contributed by atoms with van der Waals surface area (Å²) in [6.07, 6.45) is 0. The molecule has 0 aliphatic carbocycles. The van der Waals surface area contributed by atoms with E-state index in [0.717, 1.165) is 0 Å². The molecule has 8 heavy (non-hydrogen) atoms. The fourth-order valence-electron chi connectivity index (χ4n) is 0. The molecule has 0 saturated carbocycles. The molecule has 0 heterocycles.